The van der Waals surface area contributed by atoms with Crippen molar-refractivity contribution in [3.63, 3.8) is 0 Å². The second-order valence-corrected chi connectivity index (χ2v) is 9.83. The fourth-order valence-corrected chi connectivity index (χ4v) is 1.52. The third kappa shape index (κ3) is 28.1. The summed E-state index contributed by atoms with van der Waals surface area (Å²) in [5.74, 6) is 0. The summed E-state index contributed by atoms with van der Waals surface area (Å²) < 4.78 is 62.5. The molecule has 1 amide bonds. The number of hydrogen-bond acceptors (Lipinski definition) is 8. The molecule has 0 heterocycles. The molecule has 0 fully saturated rings. The predicted molar refractivity (Wildman–Crippen MR) is 92.5 cm³/mol. The topological polar surface area (TPSA) is 145 Å². The first-order valence-corrected chi connectivity index (χ1v) is 10.8. The van der Waals surface area contributed by atoms with E-state index in [1.54, 1.807) is 34.6 Å². The smallest absolute Gasteiger partial charge is 0.407 e. The molecule has 0 saturated carbocycles. The second kappa shape index (κ2) is 10.3. The molecule has 0 aliphatic carbocycles. The van der Waals surface area contributed by atoms with E-state index in [4.69, 9.17) is 14.0 Å². The van der Waals surface area contributed by atoms with Gasteiger partial charge in [-0.1, -0.05) is 0 Å². The second-order valence-electron chi connectivity index (χ2n) is 6.72. The van der Waals surface area contributed by atoms with Crippen molar-refractivity contribution < 1.29 is 39.8 Å². The standard InChI is InChI=1S/C12H25NO6S.CH4O3S/c1-11(2,3)19-10(14)13-9-12(4,5)17-7-8-18-20(6,15)16;1-5(2,3)4/h7-9H2,1-6H3,(H,13,14);1H3,(H,2,3,4). The summed E-state index contributed by atoms with van der Waals surface area (Å²) in [4.78, 5) is 11.5. The fraction of sp³-hybridized carbons (Fsp3) is 0.923. The molecule has 0 aliphatic heterocycles. The summed E-state index contributed by atoms with van der Waals surface area (Å²) in [6, 6.07) is 0. The molecule has 25 heavy (non-hydrogen) atoms. The minimum Gasteiger partial charge on any atom is -0.444 e. The first-order chi connectivity index (χ1) is 10.8. The van der Waals surface area contributed by atoms with Gasteiger partial charge in [-0.25, -0.2) is 4.79 Å². The van der Waals surface area contributed by atoms with Crippen molar-refractivity contribution in [1.82, 2.24) is 5.32 Å². The average molecular weight is 408 g/mol. The van der Waals surface area contributed by atoms with Crippen LogP contribution in [0.5, 0.6) is 0 Å². The number of ether oxygens (including phenoxy) is 2. The van der Waals surface area contributed by atoms with Gasteiger partial charge in [0, 0.05) is 6.54 Å². The van der Waals surface area contributed by atoms with Gasteiger partial charge in [-0.15, -0.1) is 0 Å². The summed E-state index contributed by atoms with van der Waals surface area (Å²) in [7, 11) is -7.12. The highest BCUT2D eigenvalue weighted by molar-refractivity contribution is 7.86. The minimum absolute atomic E-state index is 0.0608. The van der Waals surface area contributed by atoms with Gasteiger partial charge in [0.1, 0.15) is 5.60 Å². The molecule has 0 radical (unpaired) electrons. The quantitative estimate of drug-likeness (QED) is 0.355. The van der Waals surface area contributed by atoms with E-state index in [0.29, 0.717) is 6.26 Å². The van der Waals surface area contributed by atoms with E-state index in [1.165, 1.54) is 0 Å². The van der Waals surface area contributed by atoms with Crippen LogP contribution in [0.1, 0.15) is 34.6 Å². The van der Waals surface area contributed by atoms with Gasteiger partial charge in [0.2, 0.25) is 0 Å². The molecule has 0 spiro atoms. The van der Waals surface area contributed by atoms with E-state index in [9.17, 15) is 21.6 Å². The average Bonchev–Trinajstić information content (AvgIpc) is 2.27. The Morgan fingerprint density at radius 2 is 1.44 bits per heavy atom. The molecule has 12 heteroatoms. The predicted octanol–water partition coefficient (Wildman–Crippen LogP) is 0.787. The van der Waals surface area contributed by atoms with Crippen LogP contribution in [0.3, 0.4) is 0 Å². The summed E-state index contributed by atoms with van der Waals surface area (Å²) in [6.07, 6.45) is 1.16. The molecule has 0 atom stereocenters. The molecule has 0 rings (SSSR count). The maximum Gasteiger partial charge on any atom is 0.407 e. The number of carbonyl (C=O) groups excluding carboxylic acids is 1. The van der Waals surface area contributed by atoms with Gasteiger partial charge in [-0.3, -0.25) is 8.74 Å². The lowest BCUT2D eigenvalue weighted by Gasteiger charge is -2.27. The van der Waals surface area contributed by atoms with E-state index in [1.807, 2.05) is 0 Å². The normalized spacial score (nSPS) is 12.8. The van der Waals surface area contributed by atoms with Crippen molar-refractivity contribution in [1.29, 1.82) is 0 Å². The molecule has 0 aliphatic rings. The molecular formula is C13H29NO9S2. The highest BCUT2D eigenvalue weighted by Crippen LogP contribution is 2.10. The van der Waals surface area contributed by atoms with Gasteiger partial charge in [0.15, 0.2) is 0 Å². The molecule has 10 nitrogen and oxygen atoms in total. The van der Waals surface area contributed by atoms with Crippen molar-refractivity contribution in [3.8, 4) is 0 Å². The molecule has 0 bridgehead atoms. The number of carbonyl (C=O) groups is 1. The minimum atomic E-state index is -3.67. The first kappa shape index (κ1) is 26.3. The zero-order valence-corrected chi connectivity index (χ0v) is 17.3. The van der Waals surface area contributed by atoms with Gasteiger partial charge in [-0.05, 0) is 34.6 Å². The zero-order valence-electron chi connectivity index (χ0n) is 15.7. The van der Waals surface area contributed by atoms with Crippen LogP contribution in [0, 0.1) is 0 Å². The Morgan fingerprint density at radius 3 is 1.80 bits per heavy atom. The van der Waals surface area contributed by atoms with Gasteiger partial charge in [0.25, 0.3) is 20.2 Å². The first-order valence-electron chi connectivity index (χ1n) is 7.18. The zero-order chi connectivity index (χ0) is 20.5. The number of nitrogens with one attached hydrogen (secondary N) is 1. The van der Waals surface area contributed by atoms with E-state index >= 15 is 0 Å². The molecule has 0 unspecified atom stereocenters. The largest absolute Gasteiger partial charge is 0.444 e. The van der Waals surface area contributed by atoms with Gasteiger partial charge >= 0.3 is 6.09 Å². The van der Waals surface area contributed by atoms with Crippen LogP contribution < -0.4 is 5.32 Å². The van der Waals surface area contributed by atoms with E-state index in [-0.39, 0.29) is 19.8 Å². The molecule has 152 valence electrons. The molecule has 0 aromatic carbocycles. The van der Waals surface area contributed by atoms with Crippen molar-refractivity contribution >= 4 is 26.3 Å². The van der Waals surface area contributed by atoms with Crippen LogP contribution in [0.15, 0.2) is 0 Å². The van der Waals surface area contributed by atoms with Gasteiger partial charge < -0.3 is 14.8 Å². The lowest BCUT2D eigenvalue weighted by atomic mass is 10.1. The fourth-order valence-electron chi connectivity index (χ4n) is 1.15. The summed E-state index contributed by atoms with van der Waals surface area (Å²) >= 11 is 0. The highest BCUT2D eigenvalue weighted by atomic mass is 32.2. The Labute approximate surface area is 150 Å². The molecular weight excluding hydrogens is 378 g/mol. The van der Waals surface area contributed by atoms with Crippen LogP contribution in [0.25, 0.3) is 0 Å². The third-order valence-corrected chi connectivity index (χ3v) is 2.53. The van der Waals surface area contributed by atoms with Crippen molar-refractivity contribution in [3.05, 3.63) is 0 Å². The van der Waals surface area contributed by atoms with Gasteiger partial charge in [0.05, 0.1) is 31.3 Å². The van der Waals surface area contributed by atoms with E-state index in [2.05, 4.69) is 9.50 Å². The Hall–Kier alpha value is -0.950. The molecule has 0 saturated heterocycles. The maximum absolute atomic E-state index is 11.5. The summed E-state index contributed by atoms with van der Waals surface area (Å²) in [5.41, 5.74) is -1.21. The van der Waals surface area contributed by atoms with Crippen molar-refractivity contribution in [2.24, 2.45) is 0 Å². The number of hydrogen-bond donors (Lipinski definition) is 2. The number of alkyl carbamates (subject to hydrolysis) is 1. The van der Waals surface area contributed by atoms with Crippen LogP contribution in [0.2, 0.25) is 0 Å². The monoisotopic (exact) mass is 407 g/mol. The molecule has 0 aromatic heterocycles. The van der Waals surface area contributed by atoms with E-state index in [0.717, 1.165) is 6.26 Å². The third-order valence-electron chi connectivity index (χ3n) is 1.93. The Balaban J connectivity index is 0. The van der Waals surface area contributed by atoms with E-state index < -0.39 is 37.5 Å². The van der Waals surface area contributed by atoms with Crippen LogP contribution >= 0.6 is 0 Å². The number of rotatable bonds is 7. The molecule has 0 aromatic rings. The SMILES string of the molecule is CC(C)(C)OC(=O)NCC(C)(C)OCCOS(C)(=O)=O.CS(=O)(=O)O. The van der Waals surface area contributed by atoms with Crippen LogP contribution in [0.4, 0.5) is 4.79 Å². The maximum atomic E-state index is 11.5. The lowest BCUT2D eigenvalue weighted by molar-refractivity contribution is -0.0295. The van der Waals surface area contributed by atoms with Crippen molar-refractivity contribution in [2.45, 2.75) is 45.8 Å². The number of amides is 1. The van der Waals surface area contributed by atoms with Crippen molar-refractivity contribution in [2.75, 3.05) is 32.3 Å². The lowest BCUT2D eigenvalue weighted by Crippen LogP contribution is -2.43. The Morgan fingerprint density at radius 1 is 1.00 bits per heavy atom. The Kier molecular flexibility index (Phi) is 10.8. The summed E-state index contributed by atoms with van der Waals surface area (Å²) in [6.45, 7) is 9.14. The highest BCUT2D eigenvalue weighted by Gasteiger charge is 2.22. The Bertz CT molecular complexity index is 596. The molecule has 2 N–H and O–H groups in total. The van der Waals surface area contributed by atoms with Crippen LogP contribution in [-0.4, -0.2) is 71.0 Å². The van der Waals surface area contributed by atoms with Crippen LogP contribution in [-0.2, 0) is 33.9 Å². The van der Waals surface area contributed by atoms with Gasteiger partial charge in [-0.2, -0.15) is 16.8 Å². The summed E-state index contributed by atoms with van der Waals surface area (Å²) in [5, 5.41) is 2.59.